The molecule has 0 saturated heterocycles. The van der Waals surface area contributed by atoms with E-state index in [1.54, 1.807) is 0 Å². The summed E-state index contributed by atoms with van der Waals surface area (Å²) in [6.07, 6.45) is 0. The second-order valence-corrected chi connectivity index (χ2v) is 16.4. The zero-order valence-electron chi connectivity index (χ0n) is 35.0. The highest BCUT2D eigenvalue weighted by Crippen LogP contribution is 2.46. The van der Waals surface area contributed by atoms with Gasteiger partial charge < -0.3 is 9.32 Å². The Labute approximate surface area is 372 Å². The largest absolute Gasteiger partial charge is 0.456 e. The number of nitrogens with zero attached hydrogens (tertiary/aromatic N) is 1. The third-order valence-corrected chi connectivity index (χ3v) is 12.7. The Morgan fingerprint density at radius 2 is 0.750 bits per heavy atom. The lowest BCUT2D eigenvalue weighted by atomic mass is 9.93. The Bertz CT molecular complexity index is 3650. The molecule has 0 aliphatic rings. The Kier molecular flexibility index (Phi) is 9.20. The van der Waals surface area contributed by atoms with Crippen molar-refractivity contribution < 1.29 is 4.42 Å². The van der Waals surface area contributed by atoms with Crippen LogP contribution in [0.4, 0.5) is 17.1 Å². The van der Waals surface area contributed by atoms with Crippen LogP contribution in [0.1, 0.15) is 0 Å². The molecule has 11 aromatic carbocycles. The average molecular weight is 816 g/mol. The average Bonchev–Trinajstić information content (AvgIpc) is 3.76. The minimum atomic E-state index is 0.885. The van der Waals surface area contributed by atoms with E-state index < -0.39 is 0 Å². The molecular weight excluding hydrogens is 775 g/mol. The molecule has 0 bridgehead atoms. The topological polar surface area (TPSA) is 16.4 Å². The molecule has 0 aliphatic carbocycles. The lowest BCUT2D eigenvalue weighted by molar-refractivity contribution is 0.669. The van der Waals surface area contributed by atoms with Crippen molar-refractivity contribution in [3.63, 3.8) is 0 Å². The molecule has 1 aromatic heterocycles. The zero-order valence-corrected chi connectivity index (χ0v) is 35.0. The van der Waals surface area contributed by atoms with Gasteiger partial charge in [-0.25, -0.2) is 0 Å². The fourth-order valence-corrected chi connectivity index (χ4v) is 9.60. The molecule has 0 saturated carbocycles. The first kappa shape index (κ1) is 37.3. The van der Waals surface area contributed by atoms with Gasteiger partial charge in [-0.2, -0.15) is 0 Å². The van der Waals surface area contributed by atoms with Crippen LogP contribution in [0.5, 0.6) is 0 Å². The highest BCUT2D eigenvalue weighted by atomic mass is 16.3. The number of fused-ring (bicyclic) bond motifs is 5. The van der Waals surface area contributed by atoms with Crippen molar-refractivity contribution in [2.75, 3.05) is 4.90 Å². The fourth-order valence-electron chi connectivity index (χ4n) is 9.60. The number of para-hydroxylation sites is 1. The molecule has 0 atom stereocenters. The van der Waals surface area contributed by atoms with Gasteiger partial charge in [-0.1, -0.05) is 206 Å². The molecule has 0 N–H and O–H groups in total. The lowest BCUT2D eigenvalue weighted by Gasteiger charge is -2.29. The molecule has 0 fully saturated rings. The van der Waals surface area contributed by atoms with Crippen LogP contribution in [0.25, 0.3) is 99.1 Å². The molecule has 300 valence electrons. The summed E-state index contributed by atoms with van der Waals surface area (Å²) in [6, 6.07) is 89.8. The predicted molar refractivity (Wildman–Crippen MR) is 271 cm³/mol. The van der Waals surface area contributed by atoms with E-state index in [9.17, 15) is 0 Å². The smallest absolute Gasteiger partial charge is 0.136 e. The van der Waals surface area contributed by atoms with E-state index >= 15 is 0 Å². The molecule has 0 radical (unpaired) electrons. The predicted octanol–water partition coefficient (Wildman–Crippen LogP) is 17.7. The normalized spacial score (nSPS) is 11.4. The first-order chi connectivity index (χ1) is 31.7. The second-order valence-electron chi connectivity index (χ2n) is 16.4. The summed E-state index contributed by atoms with van der Waals surface area (Å²) in [7, 11) is 0. The van der Waals surface area contributed by atoms with Crippen LogP contribution in [0.15, 0.2) is 253 Å². The number of furan rings is 1. The van der Waals surface area contributed by atoms with Crippen LogP contribution < -0.4 is 4.90 Å². The highest BCUT2D eigenvalue weighted by Gasteiger charge is 2.21. The van der Waals surface area contributed by atoms with Crippen molar-refractivity contribution in [2.24, 2.45) is 0 Å². The van der Waals surface area contributed by atoms with E-state index in [4.69, 9.17) is 4.42 Å². The summed E-state index contributed by atoms with van der Waals surface area (Å²) >= 11 is 0. The van der Waals surface area contributed by atoms with Crippen molar-refractivity contribution in [2.45, 2.75) is 0 Å². The van der Waals surface area contributed by atoms with Crippen LogP contribution in [-0.2, 0) is 0 Å². The van der Waals surface area contributed by atoms with Gasteiger partial charge in [-0.15, -0.1) is 0 Å². The molecule has 12 aromatic rings. The molecular formula is C62H41NO. The SMILES string of the molecule is c1ccc(-c2ccc(-c3cccc4ccccc34)cc2N(c2ccc(-c3ccc(-c4cccc5ccccc45)cc3)cc2)c2cccc(-c3cccc4oc5ccccc5c34)c2)cc1. The molecule has 0 unspecified atom stereocenters. The van der Waals surface area contributed by atoms with Gasteiger partial charge in [0.25, 0.3) is 0 Å². The zero-order chi connectivity index (χ0) is 42.4. The van der Waals surface area contributed by atoms with Crippen molar-refractivity contribution in [1.82, 2.24) is 0 Å². The van der Waals surface area contributed by atoms with Crippen molar-refractivity contribution in [3.05, 3.63) is 249 Å². The maximum Gasteiger partial charge on any atom is 0.136 e. The van der Waals surface area contributed by atoms with E-state index in [1.165, 1.54) is 43.8 Å². The Morgan fingerprint density at radius 1 is 0.266 bits per heavy atom. The first-order valence-corrected chi connectivity index (χ1v) is 21.9. The van der Waals surface area contributed by atoms with Crippen LogP contribution in [0, 0.1) is 0 Å². The van der Waals surface area contributed by atoms with Gasteiger partial charge in [0, 0.05) is 27.7 Å². The molecule has 64 heavy (non-hydrogen) atoms. The highest BCUT2D eigenvalue weighted by molar-refractivity contribution is 6.12. The standard InChI is InChI=1S/C62H41NO/c1-2-14-46(15-3-1)56-39-36-49(55-26-12-19-45-17-5-7-23-53(45)55)41-59(56)63(51-21-10-20-48(40-51)57-27-13-29-61-62(57)58-24-8-9-28-60(58)64-61)50-37-34-43(35-38-50)42-30-32-47(33-31-42)54-25-11-18-44-16-4-6-22-52(44)54/h1-41H. The van der Waals surface area contributed by atoms with Crippen molar-refractivity contribution in [1.29, 1.82) is 0 Å². The van der Waals surface area contributed by atoms with Crippen LogP contribution in [0.2, 0.25) is 0 Å². The Hall–Kier alpha value is -8.46. The number of benzene rings is 11. The van der Waals surface area contributed by atoms with Crippen molar-refractivity contribution in [3.8, 4) is 55.6 Å². The van der Waals surface area contributed by atoms with Gasteiger partial charge in [0.2, 0.25) is 0 Å². The Morgan fingerprint density at radius 3 is 1.48 bits per heavy atom. The quantitative estimate of drug-likeness (QED) is 0.152. The number of anilines is 3. The summed E-state index contributed by atoms with van der Waals surface area (Å²) in [6.45, 7) is 0. The fraction of sp³-hybridized carbons (Fsp3) is 0. The van der Waals surface area contributed by atoms with E-state index in [1.807, 2.05) is 12.1 Å². The van der Waals surface area contributed by atoms with E-state index in [-0.39, 0.29) is 0 Å². The first-order valence-electron chi connectivity index (χ1n) is 21.9. The summed E-state index contributed by atoms with van der Waals surface area (Å²) < 4.78 is 6.36. The summed E-state index contributed by atoms with van der Waals surface area (Å²) in [5.74, 6) is 0. The summed E-state index contributed by atoms with van der Waals surface area (Å²) in [4.78, 5) is 2.43. The van der Waals surface area contributed by atoms with E-state index in [0.29, 0.717) is 0 Å². The summed E-state index contributed by atoms with van der Waals surface area (Å²) in [5, 5.41) is 7.21. The molecule has 0 amide bonds. The molecule has 0 spiro atoms. The maximum absolute atomic E-state index is 6.36. The van der Waals surface area contributed by atoms with Crippen LogP contribution >= 0.6 is 0 Å². The lowest BCUT2D eigenvalue weighted by Crippen LogP contribution is -2.11. The van der Waals surface area contributed by atoms with Gasteiger partial charge in [0.05, 0.1) is 5.69 Å². The third-order valence-electron chi connectivity index (χ3n) is 12.7. The van der Waals surface area contributed by atoms with Crippen molar-refractivity contribution >= 4 is 60.5 Å². The van der Waals surface area contributed by atoms with E-state index in [2.05, 4.69) is 241 Å². The molecule has 1 heterocycles. The molecule has 12 rings (SSSR count). The van der Waals surface area contributed by atoms with Crippen LogP contribution in [-0.4, -0.2) is 0 Å². The van der Waals surface area contributed by atoms with E-state index in [0.717, 1.165) is 72.4 Å². The number of hydrogen-bond acceptors (Lipinski definition) is 2. The molecule has 2 nitrogen and oxygen atoms in total. The monoisotopic (exact) mass is 815 g/mol. The van der Waals surface area contributed by atoms with Gasteiger partial charge in [0.1, 0.15) is 11.2 Å². The van der Waals surface area contributed by atoms with Gasteiger partial charge >= 0.3 is 0 Å². The summed E-state index contributed by atoms with van der Waals surface area (Å²) in [5.41, 5.74) is 16.7. The molecule has 2 heteroatoms. The second kappa shape index (κ2) is 15.8. The minimum Gasteiger partial charge on any atom is -0.456 e. The Balaban J connectivity index is 1.03. The molecule has 0 aliphatic heterocycles. The number of hydrogen-bond donors (Lipinski definition) is 0. The maximum atomic E-state index is 6.36. The minimum absolute atomic E-state index is 0.885. The van der Waals surface area contributed by atoms with Crippen LogP contribution in [0.3, 0.4) is 0 Å². The van der Waals surface area contributed by atoms with Gasteiger partial charge in [-0.3, -0.25) is 0 Å². The van der Waals surface area contributed by atoms with Gasteiger partial charge in [-0.05, 0) is 114 Å². The third kappa shape index (κ3) is 6.61. The van der Waals surface area contributed by atoms with Gasteiger partial charge in [0.15, 0.2) is 0 Å². The number of rotatable bonds is 8.